The molecule has 1 fully saturated rings. The summed E-state index contributed by atoms with van der Waals surface area (Å²) >= 11 is 13.0. The molecule has 22 heavy (non-hydrogen) atoms. The average molecular weight is 359 g/mol. The largest absolute Gasteiger partial charge is 0.363 e. The van der Waals surface area contributed by atoms with Gasteiger partial charge in [-0.25, -0.2) is 0 Å². The third-order valence-electron chi connectivity index (χ3n) is 3.77. The molecule has 1 aromatic rings. The molecule has 0 radical (unpaired) electrons. The Balaban J connectivity index is 1.46. The van der Waals surface area contributed by atoms with Crippen LogP contribution in [0.5, 0.6) is 0 Å². The number of likely N-dealkylation sites (tertiary alicyclic amines) is 1. The van der Waals surface area contributed by atoms with Crippen molar-refractivity contribution in [3.63, 3.8) is 0 Å². The summed E-state index contributed by atoms with van der Waals surface area (Å²) in [5.41, 5.74) is 0. The second-order valence-electron chi connectivity index (χ2n) is 5.55. The smallest absolute Gasteiger partial charge is 0.166 e. The number of hydrogen-bond acceptors (Lipinski definition) is 2. The lowest BCUT2D eigenvalue weighted by Gasteiger charge is -2.13. The summed E-state index contributed by atoms with van der Waals surface area (Å²) in [7, 11) is 0. The van der Waals surface area contributed by atoms with Crippen LogP contribution in [0.3, 0.4) is 0 Å². The second kappa shape index (κ2) is 10.3. The molecule has 6 heteroatoms. The van der Waals surface area contributed by atoms with E-state index in [0.717, 1.165) is 29.0 Å². The van der Waals surface area contributed by atoms with Crippen LogP contribution in [0.4, 0.5) is 0 Å². The summed E-state index contributed by atoms with van der Waals surface area (Å²) in [5.74, 6) is 0.987. The van der Waals surface area contributed by atoms with Crippen molar-refractivity contribution < 1.29 is 4.90 Å². The summed E-state index contributed by atoms with van der Waals surface area (Å²) in [6.07, 6.45) is 3.98. The van der Waals surface area contributed by atoms with Crippen molar-refractivity contribution in [2.24, 2.45) is 0 Å². The topological polar surface area (TPSA) is 28.5 Å². The van der Waals surface area contributed by atoms with E-state index < -0.39 is 0 Å². The molecule has 1 heterocycles. The normalized spacial score (nSPS) is 15.0. The van der Waals surface area contributed by atoms with Crippen molar-refractivity contribution >= 4 is 40.7 Å². The lowest BCUT2D eigenvalue weighted by atomic mass is 10.4. The van der Waals surface area contributed by atoms with Crippen molar-refractivity contribution in [2.75, 3.05) is 38.5 Å². The Hall–Kier alpha value is -0.490. The molecule has 0 aromatic heterocycles. The summed E-state index contributed by atoms with van der Waals surface area (Å²) in [5, 5.41) is 8.10. The molecule has 2 rings (SSSR count). The molecule has 0 amide bonds. The molecule has 0 unspecified atom stereocenters. The minimum Gasteiger partial charge on any atom is -0.363 e. The summed E-state index contributed by atoms with van der Waals surface area (Å²) < 4.78 is 0. The van der Waals surface area contributed by atoms with E-state index in [1.165, 1.54) is 43.8 Å². The maximum absolute atomic E-state index is 5.87. The second-order valence-corrected chi connectivity index (χ2v) is 7.56. The molecular formula is C16H25ClN3S2+. The van der Waals surface area contributed by atoms with Gasteiger partial charge in [0.1, 0.15) is 0 Å². The highest BCUT2D eigenvalue weighted by Crippen LogP contribution is 2.19. The molecule has 0 atom stereocenters. The molecule has 122 valence electrons. The Morgan fingerprint density at radius 3 is 2.55 bits per heavy atom. The van der Waals surface area contributed by atoms with Gasteiger partial charge in [-0.3, -0.25) is 0 Å². The third kappa shape index (κ3) is 7.18. The quantitative estimate of drug-likeness (QED) is 0.376. The van der Waals surface area contributed by atoms with Crippen LogP contribution in [-0.2, 0) is 0 Å². The van der Waals surface area contributed by atoms with Gasteiger partial charge in [0, 0.05) is 48.0 Å². The first kappa shape index (κ1) is 17.9. The Kier molecular flexibility index (Phi) is 8.37. The van der Waals surface area contributed by atoms with Gasteiger partial charge in [0.15, 0.2) is 5.11 Å². The van der Waals surface area contributed by atoms with Gasteiger partial charge in [0.2, 0.25) is 0 Å². The molecule has 0 spiro atoms. The van der Waals surface area contributed by atoms with Crippen LogP contribution < -0.4 is 15.5 Å². The number of thiocarbonyl (C=S) groups is 1. The monoisotopic (exact) mass is 358 g/mol. The Morgan fingerprint density at radius 2 is 1.82 bits per heavy atom. The molecule has 0 aliphatic carbocycles. The zero-order chi connectivity index (χ0) is 15.6. The van der Waals surface area contributed by atoms with Gasteiger partial charge >= 0.3 is 0 Å². The van der Waals surface area contributed by atoms with Crippen LogP contribution in [0.25, 0.3) is 0 Å². The SMILES string of the molecule is S=C(NCCC[NH+]1CCCC1)NCCSc1ccc(Cl)cc1. The summed E-state index contributed by atoms with van der Waals surface area (Å²) in [4.78, 5) is 2.98. The van der Waals surface area contributed by atoms with Crippen molar-refractivity contribution in [1.82, 2.24) is 10.6 Å². The van der Waals surface area contributed by atoms with Crippen molar-refractivity contribution in [2.45, 2.75) is 24.2 Å². The highest BCUT2D eigenvalue weighted by molar-refractivity contribution is 7.99. The standard InChI is InChI=1S/C16H24ClN3S2/c17-14-4-6-15(7-5-14)22-13-9-19-16(21)18-8-3-12-20-10-1-2-11-20/h4-7H,1-3,8-13H2,(H2,18,19,21)/p+1. The maximum Gasteiger partial charge on any atom is 0.166 e. The van der Waals surface area contributed by atoms with Gasteiger partial charge in [0.25, 0.3) is 0 Å². The number of quaternary nitrogens is 1. The molecule has 1 aliphatic rings. The first-order chi connectivity index (χ1) is 10.7. The van der Waals surface area contributed by atoms with Gasteiger partial charge < -0.3 is 15.5 Å². The summed E-state index contributed by atoms with van der Waals surface area (Å²) in [6, 6.07) is 7.94. The molecule has 1 aromatic carbocycles. The first-order valence-electron chi connectivity index (χ1n) is 7.98. The molecule has 0 bridgehead atoms. The van der Waals surface area contributed by atoms with Gasteiger partial charge in [-0.15, -0.1) is 11.8 Å². The van der Waals surface area contributed by atoms with E-state index in [1.807, 2.05) is 24.3 Å². The van der Waals surface area contributed by atoms with Crippen LogP contribution in [0.2, 0.25) is 5.02 Å². The zero-order valence-corrected chi connectivity index (χ0v) is 15.3. The fourth-order valence-corrected chi connectivity index (χ4v) is 3.69. The average Bonchev–Trinajstić information content (AvgIpc) is 3.03. The minimum atomic E-state index is 0.771. The predicted molar refractivity (Wildman–Crippen MR) is 100 cm³/mol. The number of halogens is 1. The zero-order valence-electron chi connectivity index (χ0n) is 12.9. The van der Waals surface area contributed by atoms with Gasteiger partial charge in [-0.2, -0.15) is 0 Å². The lowest BCUT2D eigenvalue weighted by molar-refractivity contribution is -0.887. The van der Waals surface area contributed by atoms with E-state index in [4.69, 9.17) is 23.8 Å². The van der Waals surface area contributed by atoms with Crippen LogP contribution >= 0.6 is 35.6 Å². The van der Waals surface area contributed by atoms with E-state index in [0.29, 0.717) is 0 Å². The van der Waals surface area contributed by atoms with Crippen LogP contribution in [0.15, 0.2) is 29.2 Å². The van der Waals surface area contributed by atoms with Crippen molar-refractivity contribution in [3.8, 4) is 0 Å². The van der Waals surface area contributed by atoms with E-state index in [9.17, 15) is 0 Å². The fraction of sp³-hybridized carbons (Fsp3) is 0.562. The van der Waals surface area contributed by atoms with Crippen molar-refractivity contribution in [3.05, 3.63) is 29.3 Å². The third-order valence-corrected chi connectivity index (χ3v) is 5.33. The molecule has 0 saturated carbocycles. The molecular weight excluding hydrogens is 334 g/mol. The number of rotatable bonds is 8. The van der Waals surface area contributed by atoms with Crippen LogP contribution in [0.1, 0.15) is 19.3 Å². The number of benzene rings is 1. The van der Waals surface area contributed by atoms with Crippen LogP contribution in [-0.4, -0.2) is 43.6 Å². The minimum absolute atomic E-state index is 0.771. The number of thioether (sulfide) groups is 1. The molecule has 3 nitrogen and oxygen atoms in total. The van der Waals surface area contributed by atoms with Gasteiger partial charge in [-0.1, -0.05) is 11.6 Å². The highest BCUT2D eigenvalue weighted by atomic mass is 35.5. The first-order valence-corrected chi connectivity index (χ1v) is 9.75. The molecule has 1 aliphatic heterocycles. The lowest BCUT2D eigenvalue weighted by Crippen LogP contribution is -3.10. The van der Waals surface area contributed by atoms with Gasteiger partial charge in [0.05, 0.1) is 19.6 Å². The predicted octanol–water partition coefficient (Wildman–Crippen LogP) is 1.96. The fourth-order valence-electron chi connectivity index (χ4n) is 2.59. The highest BCUT2D eigenvalue weighted by Gasteiger charge is 2.13. The van der Waals surface area contributed by atoms with E-state index in [1.54, 1.807) is 16.7 Å². The Bertz CT molecular complexity index is 447. The van der Waals surface area contributed by atoms with E-state index >= 15 is 0 Å². The van der Waals surface area contributed by atoms with Gasteiger partial charge in [-0.05, 0) is 36.5 Å². The van der Waals surface area contributed by atoms with E-state index in [-0.39, 0.29) is 0 Å². The molecule has 3 N–H and O–H groups in total. The number of hydrogen-bond donors (Lipinski definition) is 3. The maximum atomic E-state index is 5.87. The van der Waals surface area contributed by atoms with Crippen LogP contribution in [0, 0.1) is 0 Å². The van der Waals surface area contributed by atoms with E-state index in [2.05, 4.69) is 10.6 Å². The summed E-state index contributed by atoms with van der Waals surface area (Å²) in [6.45, 7) is 5.81. The van der Waals surface area contributed by atoms with Crippen molar-refractivity contribution in [1.29, 1.82) is 0 Å². The Morgan fingerprint density at radius 1 is 1.14 bits per heavy atom. The number of nitrogens with one attached hydrogen (secondary N) is 3. The molecule has 1 saturated heterocycles. The Labute approximate surface area is 148 Å².